The van der Waals surface area contributed by atoms with Gasteiger partial charge in [0.25, 0.3) is 0 Å². The number of benzene rings is 1. The van der Waals surface area contributed by atoms with Gasteiger partial charge in [-0.15, -0.1) is 0 Å². The minimum atomic E-state index is -1.57. The van der Waals surface area contributed by atoms with Gasteiger partial charge in [0.1, 0.15) is 6.61 Å². The van der Waals surface area contributed by atoms with Gasteiger partial charge in [-0.2, -0.15) is 0 Å². The Kier molecular flexibility index (Phi) is 4.96. The van der Waals surface area contributed by atoms with Crippen LogP contribution in [-0.4, -0.2) is 17.0 Å². The molecule has 0 radical (unpaired) electrons. The number of esters is 1. The summed E-state index contributed by atoms with van der Waals surface area (Å²) in [6.45, 7) is 1.94. The fourth-order valence-electron chi connectivity index (χ4n) is 1.10. The van der Waals surface area contributed by atoms with Crippen LogP contribution in [-0.2, 0) is 20.9 Å². The fourth-order valence-corrected chi connectivity index (χ4v) is 2.42. The van der Waals surface area contributed by atoms with Crippen molar-refractivity contribution in [2.75, 3.05) is 0 Å². The molecule has 4 nitrogen and oxygen atoms in total. The number of carboxylic acids is 1. The van der Waals surface area contributed by atoms with Gasteiger partial charge in [-0.25, -0.2) is 9.59 Å². The Hall–Kier alpha value is -0.380. The Morgan fingerprint density at radius 3 is 2.56 bits per heavy atom. The summed E-state index contributed by atoms with van der Waals surface area (Å²) in [6.07, 6.45) is 0. The lowest BCUT2D eigenvalue weighted by Gasteiger charge is -2.08. The molecule has 86 valence electrons. The molecule has 16 heavy (non-hydrogen) atoms. The van der Waals surface area contributed by atoms with Gasteiger partial charge in [-0.3, -0.25) is 0 Å². The van der Waals surface area contributed by atoms with Gasteiger partial charge in [0.15, 0.2) is 0 Å². The zero-order valence-electron chi connectivity index (χ0n) is 8.29. The number of carbonyl (C=O) groups is 2. The summed E-state index contributed by atoms with van der Waals surface area (Å²) >= 11 is 4.30. The highest BCUT2D eigenvalue weighted by atomic mass is 127. The smallest absolute Gasteiger partial charge is 0.417 e. The number of rotatable bonds is 2. The van der Waals surface area contributed by atoms with Crippen LogP contribution < -0.4 is 0 Å². The summed E-state index contributed by atoms with van der Waals surface area (Å²) in [7, 11) is 0. The first kappa shape index (κ1) is 13.7. The van der Waals surface area contributed by atoms with E-state index in [4.69, 9.17) is 5.11 Å². The Morgan fingerprint density at radius 2 is 2.00 bits per heavy atom. The van der Waals surface area contributed by atoms with Crippen molar-refractivity contribution in [3.05, 3.63) is 30.4 Å². The van der Waals surface area contributed by atoms with Crippen LogP contribution >= 0.6 is 45.2 Å². The maximum absolute atomic E-state index is 10.8. The topological polar surface area (TPSA) is 63.6 Å². The molecule has 0 aliphatic carbocycles. The lowest BCUT2D eigenvalue weighted by atomic mass is 10.1. The van der Waals surface area contributed by atoms with Gasteiger partial charge in [-0.1, -0.05) is 0 Å². The second-order valence-electron chi connectivity index (χ2n) is 3.08. The van der Waals surface area contributed by atoms with E-state index in [1.54, 1.807) is 0 Å². The van der Waals surface area contributed by atoms with E-state index < -0.39 is 11.9 Å². The molecule has 0 amide bonds. The van der Waals surface area contributed by atoms with Crippen LogP contribution in [0.1, 0.15) is 11.1 Å². The largest absolute Gasteiger partial charge is 0.473 e. The van der Waals surface area contributed by atoms with Crippen LogP contribution in [0.15, 0.2) is 12.1 Å². The fraction of sp³-hybridized carbons (Fsp3) is 0.200. The van der Waals surface area contributed by atoms with Gasteiger partial charge in [0.2, 0.25) is 0 Å². The number of carbonyl (C=O) groups excluding carboxylic acids is 1. The third-order valence-corrected chi connectivity index (χ3v) is 3.99. The molecule has 0 atom stereocenters. The van der Waals surface area contributed by atoms with Gasteiger partial charge >= 0.3 is 11.9 Å². The highest BCUT2D eigenvalue weighted by molar-refractivity contribution is 14.1. The third-order valence-electron chi connectivity index (χ3n) is 1.83. The summed E-state index contributed by atoms with van der Waals surface area (Å²) in [5, 5.41) is 8.36. The van der Waals surface area contributed by atoms with Crippen molar-refractivity contribution in [2.24, 2.45) is 0 Å². The maximum Gasteiger partial charge on any atom is 0.417 e. The number of halogens is 2. The first-order chi connectivity index (χ1) is 7.41. The average molecular weight is 446 g/mol. The minimum absolute atomic E-state index is 0.0128. The van der Waals surface area contributed by atoms with E-state index in [0.717, 1.165) is 18.3 Å². The Balaban J connectivity index is 2.82. The van der Waals surface area contributed by atoms with E-state index in [1.165, 1.54) is 0 Å². The molecule has 0 unspecified atom stereocenters. The molecule has 0 bridgehead atoms. The predicted molar refractivity (Wildman–Crippen MR) is 74.0 cm³/mol. The van der Waals surface area contributed by atoms with E-state index in [2.05, 4.69) is 49.9 Å². The van der Waals surface area contributed by atoms with E-state index in [1.807, 2.05) is 19.1 Å². The van der Waals surface area contributed by atoms with Gasteiger partial charge < -0.3 is 9.84 Å². The van der Waals surface area contributed by atoms with E-state index in [-0.39, 0.29) is 6.61 Å². The Labute approximate surface area is 120 Å². The van der Waals surface area contributed by atoms with E-state index >= 15 is 0 Å². The van der Waals surface area contributed by atoms with Crippen molar-refractivity contribution in [1.29, 1.82) is 0 Å². The van der Waals surface area contributed by atoms with Gasteiger partial charge in [-0.05, 0) is 69.8 Å². The molecular formula is C10H8I2O4. The molecule has 1 aromatic rings. The standard InChI is InChI=1S/C10H8I2O4/c1-5-2-7(11)3-6(8(5)12)4-16-10(15)9(13)14/h2-3H,4H2,1H3,(H,13,14). The van der Waals surface area contributed by atoms with Crippen LogP contribution in [0.2, 0.25) is 0 Å². The zero-order valence-corrected chi connectivity index (χ0v) is 12.6. The predicted octanol–water partition coefficient (Wildman–Crippen LogP) is 2.33. The second-order valence-corrected chi connectivity index (χ2v) is 5.40. The van der Waals surface area contributed by atoms with Crippen molar-refractivity contribution in [1.82, 2.24) is 0 Å². The molecule has 0 aliphatic rings. The summed E-state index contributed by atoms with van der Waals surface area (Å²) in [5.74, 6) is -2.80. The Morgan fingerprint density at radius 1 is 1.38 bits per heavy atom. The average Bonchev–Trinajstić information content (AvgIpc) is 2.20. The number of aryl methyl sites for hydroxylation is 1. The van der Waals surface area contributed by atoms with Crippen LogP contribution in [0.4, 0.5) is 0 Å². The number of carboxylic acid groups (broad SMARTS) is 1. The van der Waals surface area contributed by atoms with E-state index in [9.17, 15) is 9.59 Å². The molecular weight excluding hydrogens is 438 g/mol. The quantitative estimate of drug-likeness (QED) is 0.431. The summed E-state index contributed by atoms with van der Waals surface area (Å²) in [4.78, 5) is 21.0. The molecule has 0 spiro atoms. The Bertz CT molecular complexity index is 443. The molecule has 1 N–H and O–H groups in total. The van der Waals surface area contributed by atoms with Crippen molar-refractivity contribution >= 4 is 57.1 Å². The lowest BCUT2D eigenvalue weighted by molar-refractivity contribution is -0.164. The first-order valence-corrected chi connectivity index (χ1v) is 6.42. The monoisotopic (exact) mass is 446 g/mol. The number of hydrogen-bond donors (Lipinski definition) is 1. The van der Waals surface area contributed by atoms with Gasteiger partial charge in [0, 0.05) is 12.7 Å². The second kappa shape index (κ2) is 5.80. The summed E-state index contributed by atoms with van der Waals surface area (Å²) in [6, 6.07) is 3.87. The molecule has 1 aromatic carbocycles. The number of hydrogen-bond acceptors (Lipinski definition) is 3. The summed E-state index contributed by atoms with van der Waals surface area (Å²) in [5.41, 5.74) is 1.90. The normalized spacial score (nSPS) is 9.94. The van der Waals surface area contributed by atoms with Crippen molar-refractivity contribution in [3.8, 4) is 0 Å². The van der Waals surface area contributed by atoms with Crippen LogP contribution in [0.25, 0.3) is 0 Å². The maximum atomic E-state index is 10.8. The minimum Gasteiger partial charge on any atom is -0.473 e. The number of ether oxygens (including phenoxy) is 1. The summed E-state index contributed by atoms with van der Waals surface area (Å²) < 4.78 is 6.64. The van der Waals surface area contributed by atoms with Crippen LogP contribution in [0.5, 0.6) is 0 Å². The third kappa shape index (κ3) is 3.58. The van der Waals surface area contributed by atoms with Crippen LogP contribution in [0.3, 0.4) is 0 Å². The molecule has 0 aromatic heterocycles. The molecule has 0 saturated heterocycles. The molecule has 0 heterocycles. The molecule has 0 saturated carbocycles. The lowest BCUT2D eigenvalue weighted by Crippen LogP contribution is -2.16. The van der Waals surface area contributed by atoms with Gasteiger partial charge in [0.05, 0.1) is 0 Å². The molecule has 1 rings (SSSR count). The number of aliphatic carboxylic acids is 1. The van der Waals surface area contributed by atoms with Crippen LogP contribution in [0, 0.1) is 14.1 Å². The van der Waals surface area contributed by atoms with Crippen molar-refractivity contribution in [3.63, 3.8) is 0 Å². The highest BCUT2D eigenvalue weighted by Gasteiger charge is 2.14. The van der Waals surface area contributed by atoms with Crippen molar-refractivity contribution < 1.29 is 19.4 Å². The molecule has 0 fully saturated rings. The van der Waals surface area contributed by atoms with Crippen molar-refractivity contribution in [2.45, 2.75) is 13.5 Å². The molecule has 0 aliphatic heterocycles. The molecule has 6 heteroatoms. The zero-order chi connectivity index (χ0) is 12.3. The SMILES string of the molecule is Cc1cc(I)cc(COC(=O)C(=O)O)c1I. The highest BCUT2D eigenvalue weighted by Crippen LogP contribution is 2.21. The van der Waals surface area contributed by atoms with E-state index in [0.29, 0.717) is 0 Å². The first-order valence-electron chi connectivity index (χ1n) is 4.26.